The van der Waals surface area contributed by atoms with Crippen LogP contribution in [0.1, 0.15) is 26.7 Å². The summed E-state index contributed by atoms with van der Waals surface area (Å²) in [5.41, 5.74) is 16.5. The Balaban J connectivity index is 1.78. The van der Waals surface area contributed by atoms with Crippen molar-refractivity contribution in [3.63, 3.8) is 0 Å². The monoisotopic (exact) mass is 582 g/mol. The van der Waals surface area contributed by atoms with Gasteiger partial charge in [-0.2, -0.15) is 0 Å². The average Bonchev–Trinajstić information content (AvgIpc) is 2.85. The van der Waals surface area contributed by atoms with E-state index >= 15 is 0 Å². The number of carbonyl (C=O) groups excluding carboxylic acids is 4. The fourth-order valence-corrected chi connectivity index (χ4v) is 2.89. The molecule has 0 fully saturated rings. The molecule has 0 aromatic carbocycles. The van der Waals surface area contributed by atoms with Gasteiger partial charge in [-0.1, -0.05) is 23.2 Å². The number of nitrogens with one attached hydrogen (secondary N) is 6. The molecule has 2 aromatic rings. The Morgan fingerprint density at radius 2 is 1.46 bits per heavy atom. The maximum atomic E-state index is 12.2. The van der Waals surface area contributed by atoms with Crippen molar-refractivity contribution in [2.45, 2.75) is 6.92 Å². The summed E-state index contributed by atoms with van der Waals surface area (Å²) in [5, 5.41) is 19.0. The first kappa shape index (κ1) is 30.5. The van der Waals surface area contributed by atoms with Crippen LogP contribution in [0, 0.1) is 12.3 Å². The fraction of sp³-hybridized carbons (Fsp3) is 0.263. The second kappa shape index (κ2) is 13.7. The highest BCUT2D eigenvalue weighted by Gasteiger charge is 2.19. The quantitative estimate of drug-likeness (QED) is 0.112. The summed E-state index contributed by atoms with van der Waals surface area (Å²) in [4.78, 5) is 67.4. The highest BCUT2D eigenvalue weighted by molar-refractivity contribution is 6.32. The lowest BCUT2D eigenvalue weighted by Crippen LogP contribution is -2.47. The Morgan fingerprint density at radius 1 is 0.872 bits per heavy atom. The van der Waals surface area contributed by atoms with Crippen LogP contribution in [0.15, 0.2) is 4.99 Å². The van der Waals surface area contributed by atoms with E-state index in [0.717, 1.165) is 0 Å². The van der Waals surface area contributed by atoms with Crippen molar-refractivity contribution in [1.29, 1.82) is 5.41 Å². The summed E-state index contributed by atoms with van der Waals surface area (Å²) in [7, 11) is 1.37. The smallest absolute Gasteiger partial charge is 0.280 e. The summed E-state index contributed by atoms with van der Waals surface area (Å²) in [6.45, 7) is 0.634. The molecule has 0 unspecified atom stereocenters. The molecule has 0 spiro atoms. The predicted octanol–water partition coefficient (Wildman–Crippen LogP) is -2.23. The van der Waals surface area contributed by atoms with E-state index in [1.54, 1.807) is 6.92 Å². The molecule has 12 N–H and O–H groups in total. The molecule has 18 nitrogen and oxygen atoms in total. The number of carbonyl (C=O) groups is 4. The molecular weight excluding hydrogens is 559 g/mol. The van der Waals surface area contributed by atoms with Gasteiger partial charge in [0.05, 0.1) is 25.3 Å². The zero-order valence-corrected chi connectivity index (χ0v) is 22.0. The van der Waals surface area contributed by atoms with E-state index in [9.17, 15) is 19.2 Å². The van der Waals surface area contributed by atoms with Crippen LogP contribution in [0.4, 0.5) is 17.5 Å². The molecule has 39 heavy (non-hydrogen) atoms. The number of nitrogen functional groups attached to an aromatic ring is 2. The van der Waals surface area contributed by atoms with Gasteiger partial charge >= 0.3 is 0 Å². The topological polar surface area (TPSA) is 294 Å². The van der Waals surface area contributed by atoms with Gasteiger partial charge in [0.2, 0.25) is 11.9 Å². The van der Waals surface area contributed by atoms with Crippen LogP contribution >= 0.6 is 23.2 Å². The van der Waals surface area contributed by atoms with Crippen molar-refractivity contribution in [2.24, 2.45) is 10.7 Å². The van der Waals surface area contributed by atoms with Gasteiger partial charge < -0.3 is 27.8 Å². The number of aryl methyl sites for hydroxylation is 1. The van der Waals surface area contributed by atoms with E-state index in [0.29, 0.717) is 5.69 Å². The van der Waals surface area contributed by atoms with Crippen molar-refractivity contribution in [3.8, 4) is 0 Å². The average molecular weight is 583 g/mol. The van der Waals surface area contributed by atoms with Gasteiger partial charge in [0.1, 0.15) is 0 Å². The Morgan fingerprint density at radius 3 is 2.10 bits per heavy atom. The summed E-state index contributed by atoms with van der Waals surface area (Å²) in [5.74, 6) is -4.19. The number of anilines is 3. The fourth-order valence-electron chi connectivity index (χ4n) is 2.57. The maximum Gasteiger partial charge on any atom is 0.280 e. The van der Waals surface area contributed by atoms with E-state index in [2.05, 4.69) is 51.5 Å². The van der Waals surface area contributed by atoms with Crippen LogP contribution in [0.2, 0.25) is 10.3 Å². The van der Waals surface area contributed by atoms with E-state index in [4.69, 9.17) is 45.8 Å². The predicted molar refractivity (Wildman–Crippen MR) is 142 cm³/mol. The molecule has 0 saturated heterocycles. The SMILES string of the molecule is CN=C(N)NC(=O)c1nc(Cl)c(NCC(=O)CNCC(=O)NC(=N)NC(=O)c2nc(Cl)c(C)nc2N)nc1N. The summed E-state index contributed by atoms with van der Waals surface area (Å²) in [6, 6.07) is 0. The number of hydrogen-bond donors (Lipinski definition) is 9. The standard InChI is InChI=1S/C19H24Cl2N14O4/c1-6-11(20)31-9(13(22)29-6)17(39)35-19(25)30-8(37)5-27-3-7(36)4-28-15-12(21)32-10(14(23)33-15)16(38)34-18(24)26-2/h27H,3-5H2,1-2H3,(H2,22,29)(H3,23,28,33)(H3,24,26,34,38)(H3,25,30,35,37,39). The number of aromatic nitrogens is 4. The summed E-state index contributed by atoms with van der Waals surface area (Å²) in [6.07, 6.45) is 0. The molecule has 0 saturated carbocycles. The van der Waals surface area contributed by atoms with Gasteiger partial charge in [-0.3, -0.25) is 45.5 Å². The highest BCUT2D eigenvalue weighted by atomic mass is 35.5. The summed E-state index contributed by atoms with van der Waals surface area (Å²) >= 11 is 11.8. The normalized spacial score (nSPS) is 10.9. The van der Waals surface area contributed by atoms with E-state index in [-0.39, 0.29) is 64.7 Å². The van der Waals surface area contributed by atoms with Gasteiger partial charge in [-0.05, 0) is 6.92 Å². The first-order chi connectivity index (χ1) is 18.3. The number of ketones is 1. The number of hydrogen-bond acceptors (Lipinski definition) is 14. The van der Waals surface area contributed by atoms with Gasteiger partial charge in [0.25, 0.3) is 11.8 Å². The second-order valence-corrected chi connectivity index (χ2v) is 8.08. The van der Waals surface area contributed by atoms with Gasteiger partial charge in [-0.25, -0.2) is 19.9 Å². The number of nitrogens with zero attached hydrogens (tertiary/aromatic N) is 5. The molecule has 0 bridgehead atoms. The third-order valence-corrected chi connectivity index (χ3v) is 5.02. The van der Waals surface area contributed by atoms with Crippen molar-refractivity contribution < 1.29 is 19.2 Å². The minimum absolute atomic E-state index is 0.0427. The Hall–Kier alpha value is -4.68. The summed E-state index contributed by atoms with van der Waals surface area (Å²) < 4.78 is 0. The molecule has 208 valence electrons. The molecule has 3 amide bonds. The van der Waals surface area contributed by atoms with Crippen molar-refractivity contribution in [1.82, 2.24) is 41.2 Å². The number of halogens is 2. The second-order valence-electron chi connectivity index (χ2n) is 7.37. The minimum atomic E-state index is -0.906. The molecular formula is C19H24Cl2N14O4. The Labute approximate surface area is 230 Å². The van der Waals surface area contributed by atoms with E-state index in [1.807, 2.05) is 0 Å². The zero-order chi connectivity index (χ0) is 29.3. The van der Waals surface area contributed by atoms with E-state index < -0.39 is 29.5 Å². The molecule has 0 aliphatic carbocycles. The van der Waals surface area contributed by atoms with Crippen LogP contribution in [0.25, 0.3) is 0 Å². The molecule has 0 atom stereocenters. The molecule has 2 heterocycles. The van der Waals surface area contributed by atoms with Gasteiger partial charge in [-0.15, -0.1) is 0 Å². The van der Waals surface area contributed by atoms with E-state index in [1.165, 1.54) is 7.05 Å². The molecule has 0 aliphatic rings. The zero-order valence-electron chi connectivity index (χ0n) is 20.5. The lowest BCUT2D eigenvalue weighted by Gasteiger charge is -2.11. The first-order valence-electron chi connectivity index (χ1n) is 10.6. The molecule has 2 aromatic heterocycles. The molecule has 0 radical (unpaired) electrons. The largest absolute Gasteiger partial charge is 0.382 e. The van der Waals surface area contributed by atoms with Crippen LogP contribution in [0.3, 0.4) is 0 Å². The van der Waals surface area contributed by atoms with Crippen molar-refractivity contribution in [2.75, 3.05) is 43.5 Å². The number of amides is 3. The number of rotatable bonds is 9. The van der Waals surface area contributed by atoms with Gasteiger partial charge in [0.15, 0.2) is 50.9 Å². The third-order valence-electron chi connectivity index (χ3n) is 4.40. The Kier molecular flexibility index (Phi) is 10.8. The third kappa shape index (κ3) is 8.98. The van der Waals surface area contributed by atoms with Crippen molar-refractivity contribution >= 4 is 76.1 Å². The highest BCUT2D eigenvalue weighted by Crippen LogP contribution is 2.20. The molecule has 20 heteroatoms. The Bertz CT molecular complexity index is 1350. The minimum Gasteiger partial charge on any atom is -0.382 e. The number of nitrogens with two attached hydrogens (primary N) is 3. The van der Waals surface area contributed by atoms with Crippen molar-refractivity contribution in [3.05, 3.63) is 27.4 Å². The molecule has 0 aliphatic heterocycles. The van der Waals surface area contributed by atoms with Crippen LogP contribution in [-0.2, 0) is 9.59 Å². The lowest BCUT2D eigenvalue weighted by atomic mass is 10.3. The van der Waals surface area contributed by atoms with Crippen LogP contribution in [-0.4, -0.2) is 82.0 Å². The number of Topliss-reactive ketones (excluding diaryl/α,β-unsaturated/α-hetero) is 1. The first-order valence-corrected chi connectivity index (χ1v) is 11.4. The van der Waals surface area contributed by atoms with Crippen LogP contribution in [0.5, 0.6) is 0 Å². The molecule has 2 rings (SSSR count). The van der Waals surface area contributed by atoms with Gasteiger partial charge in [0, 0.05) is 7.05 Å². The van der Waals surface area contributed by atoms with Crippen LogP contribution < -0.4 is 43.8 Å². The lowest BCUT2D eigenvalue weighted by molar-refractivity contribution is -0.119. The maximum absolute atomic E-state index is 12.2. The number of aliphatic imine (C=N–C) groups is 1. The number of guanidine groups is 2.